The first-order chi connectivity index (χ1) is 12.9. The number of aliphatic imine (C=N–C) groups is 1. The van der Waals surface area contributed by atoms with Crippen molar-refractivity contribution in [2.24, 2.45) is 28.1 Å². The van der Waals surface area contributed by atoms with Gasteiger partial charge in [0.2, 0.25) is 5.91 Å². The summed E-state index contributed by atoms with van der Waals surface area (Å²) in [5.41, 5.74) is 17.7. The maximum atomic E-state index is 13.1. The van der Waals surface area contributed by atoms with Crippen LogP contribution in [-0.4, -0.2) is 64.5 Å². The van der Waals surface area contributed by atoms with Crippen molar-refractivity contribution < 1.29 is 4.79 Å². The maximum Gasteiger partial charge on any atom is 0.247 e. The summed E-state index contributed by atoms with van der Waals surface area (Å²) in [5.74, 6) is 0.400. The van der Waals surface area contributed by atoms with Crippen LogP contribution in [0.2, 0.25) is 0 Å². The molecule has 1 aromatic rings. The third kappa shape index (κ3) is 5.90. The summed E-state index contributed by atoms with van der Waals surface area (Å²) in [4.78, 5) is 19.0. The topological polar surface area (TPSA) is 153 Å². The summed E-state index contributed by atoms with van der Waals surface area (Å²) in [6.45, 7) is 7.63. The van der Waals surface area contributed by atoms with E-state index in [0.29, 0.717) is 44.1 Å². The van der Waals surface area contributed by atoms with Gasteiger partial charge >= 0.3 is 0 Å². The van der Waals surface area contributed by atoms with Gasteiger partial charge in [-0.25, -0.2) is 4.68 Å². The molecule has 3 unspecified atom stereocenters. The fourth-order valence-electron chi connectivity index (χ4n) is 3.10. The Morgan fingerprint density at radius 1 is 1.37 bits per heavy atom. The van der Waals surface area contributed by atoms with Gasteiger partial charge in [-0.1, -0.05) is 25.5 Å². The first-order valence-electron chi connectivity index (χ1n) is 9.66. The third-order valence-electron chi connectivity index (χ3n) is 5.09. The molecule has 0 radical (unpaired) electrons. The van der Waals surface area contributed by atoms with Crippen molar-refractivity contribution in [2.45, 2.75) is 45.2 Å². The highest BCUT2D eigenvalue weighted by molar-refractivity contribution is 5.80. The molecule has 10 nitrogen and oxygen atoms in total. The molecule has 0 saturated carbocycles. The Morgan fingerprint density at radius 3 is 2.70 bits per heavy atom. The lowest BCUT2D eigenvalue weighted by Gasteiger charge is -2.30. The molecular weight excluding hydrogens is 346 g/mol. The van der Waals surface area contributed by atoms with E-state index in [0.717, 1.165) is 19.5 Å². The molecule has 0 spiro atoms. The van der Waals surface area contributed by atoms with Crippen molar-refractivity contribution in [1.82, 2.24) is 25.2 Å². The van der Waals surface area contributed by atoms with Crippen molar-refractivity contribution in [2.75, 3.05) is 32.7 Å². The van der Waals surface area contributed by atoms with Crippen LogP contribution in [0, 0.1) is 5.92 Å². The number of nitrogens with zero attached hydrogens (tertiary/aromatic N) is 5. The molecule has 3 atom stereocenters. The molecule has 0 aliphatic carbocycles. The van der Waals surface area contributed by atoms with Gasteiger partial charge in [0, 0.05) is 32.7 Å². The van der Waals surface area contributed by atoms with Gasteiger partial charge in [0.1, 0.15) is 6.04 Å². The van der Waals surface area contributed by atoms with E-state index in [2.05, 4.69) is 34.5 Å². The number of nitrogens with one attached hydrogen (secondary N) is 1. The summed E-state index contributed by atoms with van der Waals surface area (Å²) < 4.78 is 1.65. The second kappa shape index (κ2) is 10.2. The number of aromatic nitrogens is 3. The number of guanidine groups is 1. The Balaban J connectivity index is 2.14. The van der Waals surface area contributed by atoms with E-state index in [4.69, 9.17) is 17.2 Å². The SMILES string of the molecule is CCC(C)C(N)c1cn(C(CCCN=C(N)N)C(=O)N2CCNCC2)nn1. The van der Waals surface area contributed by atoms with E-state index in [1.807, 2.05) is 11.1 Å². The number of piperazine rings is 1. The predicted molar refractivity (Wildman–Crippen MR) is 105 cm³/mol. The van der Waals surface area contributed by atoms with E-state index in [1.165, 1.54) is 0 Å². The fraction of sp³-hybridized carbons (Fsp3) is 0.765. The molecule has 2 rings (SSSR count). The van der Waals surface area contributed by atoms with Crippen LogP contribution in [0.1, 0.15) is 50.9 Å². The van der Waals surface area contributed by atoms with Crippen LogP contribution in [0.25, 0.3) is 0 Å². The summed E-state index contributed by atoms with van der Waals surface area (Å²) in [5, 5.41) is 11.7. The highest BCUT2D eigenvalue weighted by Gasteiger charge is 2.28. The van der Waals surface area contributed by atoms with Crippen molar-refractivity contribution in [3.8, 4) is 0 Å². The van der Waals surface area contributed by atoms with E-state index in [-0.39, 0.29) is 17.9 Å². The van der Waals surface area contributed by atoms with E-state index < -0.39 is 6.04 Å². The van der Waals surface area contributed by atoms with Crippen molar-refractivity contribution in [3.05, 3.63) is 11.9 Å². The van der Waals surface area contributed by atoms with Crippen LogP contribution in [0.4, 0.5) is 0 Å². The third-order valence-corrected chi connectivity index (χ3v) is 5.09. The Kier molecular flexibility index (Phi) is 7.99. The molecule has 2 heterocycles. The van der Waals surface area contributed by atoms with Gasteiger partial charge in [-0.2, -0.15) is 0 Å². The molecule has 1 aromatic heterocycles. The Morgan fingerprint density at radius 2 is 2.07 bits per heavy atom. The molecule has 1 amide bonds. The van der Waals surface area contributed by atoms with Crippen LogP contribution in [0.15, 0.2) is 11.2 Å². The van der Waals surface area contributed by atoms with Crippen molar-refractivity contribution >= 4 is 11.9 Å². The number of hydrogen-bond donors (Lipinski definition) is 4. The van der Waals surface area contributed by atoms with E-state index in [1.54, 1.807) is 4.68 Å². The first-order valence-corrected chi connectivity index (χ1v) is 9.66. The molecule has 27 heavy (non-hydrogen) atoms. The second-order valence-electron chi connectivity index (χ2n) is 7.07. The maximum absolute atomic E-state index is 13.1. The van der Waals surface area contributed by atoms with Gasteiger partial charge in [-0.3, -0.25) is 9.79 Å². The van der Waals surface area contributed by atoms with Crippen LogP contribution < -0.4 is 22.5 Å². The molecule has 7 N–H and O–H groups in total. The van der Waals surface area contributed by atoms with Gasteiger partial charge in [-0.05, 0) is 18.8 Å². The Bertz CT molecular complexity index is 620. The van der Waals surface area contributed by atoms with E-state index in [9.17, 15) is 4.79 Å². The largest absolute Gasteiger partial charge is 0.370 e. The zero-order valence-electron chi connectivity index (χ0n) is 16.3. The van der Waals surface area contributed by atoms with Gasteiger partial charge < -0.3 is 27.4 Å². The zero-order valence-corrected chi connectivity index (χ0v) is 16.3. The molecular formula is C17H33N9O. The number of hydrogen-bond acceptors (Lipinski definition) is 6. The lowest BCUT2D eigenvalue weighted by Crippen LogP contribution is -2.48. The molecule has 0 bridgehead atoms. The number of rotatable bonds is 9. The minimum absolute atomic E-state index is 0.0507. The molecule has 10 heteroatoms. The molecule has 1 aliphatic heterocycles. The fourth-order valence-corrected chi connectivity index (χ4v) is 3.10. The minimum atomic E-state index is -0.428. The van der Waals surface area contributed by atoms with Gasteiger partial charge in [-0.15, -0.1) is 5.10 Å². The quantitative estimate of drug-likeness (QED) is 0.252. The van der Waals surface area contributed by atoms with Crippen LogP contribution in [-0.2, 0) is 4.79 Å². The average Bonchev–Trinajstić information content (AvgIpc) is 3.16. The summed E-state index contributed by atoms with van der Waals surface area (Å²) in [7, 11) is 0. The summed E-state index contributed by atoms with van der Waals surface area (Å²) in [6.07, 6.45) is 4.02. The van der Waals surface area contributed by atoms with Crippen molar-refractivity contribution in [1.29, 1.82) is 0 Å². The number of nitrogens with two attached hydrogens (primary N) is 3. The number of carbonyl (C=O) groups is 1. The van der Waals surface area contributed by atoms with Crippen LogP contribution in [0.3, 0.4) is 0 Å². The molecule has 152 valence electrons. The van der Waals surface area contributed by atoms with Gasteiger partial charge in [0.05, 0.1) is 17.9 Å². The summed E-state index contributed by atoms with van der Waals surface area (Å²) in [6, 6.07) is -0.622. The Hall–Kier alpha value is -2.20. The lowest BCUT2D eigenvalue weighted by molar-refractivity contribution is -0.136. The molecule has 1 fully saturated rings. The predicted octanol–water partition coefficient (Wildman–Crippen LogP) is -0.649. The van der Waals surface area contributed by atoms with E-state index >= 15 is 0 Å². The standard InChI is InChI=1S/C17H33N9O/c1-3-12(2)15(18)13-11-26(24-23-13)14(5-4-6-22-17(19)20)16(27)25-9-7-21-8-10-25/h11-12,14-15,21H,3-10,18H2,1-2H3,(H4,19,20,22). The smallest absolute Gasteiger partial charge is 0.247 e. The molecule has 1 aliphatic rings. The van der Waals surface area contributed by atoms with Gasteiger partial charge in [0.25, 0.3) is 0 Å². The van der Waals surface area contributed by atoms with Crippen molar-refractivity contribution in [3.63, 3.8) is 0 Å². The minimum Gasteiger partial charge on any atom is -0.370 e. The average molecular weight is 380 g/mol. The first kappa shape index (κ1) is 21.1. The number of amides is 1. The molecule has 1 saturated heterocycles. The zero-order chi connectivity index (χ0) is 19.8. The normalized spacial score (nSPS) is 18.0. The summed E-state index contributed by atoms with van der Waals surface area (Å²) >= 11 is 0. The molecule has 0 aromatic carbocycles. The number of carbonyl (C=O) groups excluding carboxylic acids is 1. The highest BCUT2D eigenvalue weighted by Crippen LogP contribution is 2.22. The van der Waals surface area contributed by atoms with Crippen LogP contribution >= 0.6 is 0 Å². The Labute approximate surface area is 160 Å². The lowest BCUT2D eigenvalue weighted by atomic mass is 9.98. The van der Waals surface area contributed by atoms with Crippen LogP contribution in [0.5, 0.6) is 0 Å². The highest BCUT2D eigenvalue weighted by atomic mass is 16.2. The second-order valence-corrected chi connectivity index (χ2v) is 7.07. The monoisotopic (exact) mass is 379 g/mol. The van der Waals surface area contributed by atoms with Gasteiger partial charge in [0.15, 0.2) is 5.96 Å².